The van der Waals surface area contributed by atoms with Gasteiger partial charge in [0.05, 0.1) is 9.11 Å². The summed E-state index contributed by atoms with van der Waals surface area (Å²) < 4.78 is 0.989. The lowest BCUT2D eigenvalue weighted by Crippen LogP contribution is -2.11. The number of hydrogen-bond donors (Lipinski definition) is 1. The van der Waals surface area contributed by atoms with Gasteiger partial charge in [-0.05, 0) is 11.4 Å². The standard InChI is InChI=1S/C9H9NOS3/c10-7(9-13-4-5-14-9)8(11)6-2-1-3-12-6/h1-3H,4-5,10H2. The van der Waals surface area contributed by atoms with E-state index in [1.165, 1.54) is 11.3 Å². The second kappa shape index (κ2) is 4.42. The minimum atomic E-state index is -0.0306. The molecule has 0 bridgehead atoms. The smallest absolute Gasteiger partial charge is 0.220 e. The van der Waals surface area contributed by atoms with Crippen LogP contribution in [0.15, 0.2) is 27.4 Å². The highest BCUT2D eigenvalue weighted by Crippen LogP contribution is 2.38. The Labute approximate surface area is 94.9 Å². The number of carbonyl (C=O) groups excluding carboxylic acids is 1. The predicted octanol–water partition coefficient (Wildman–Crippen LogP) is 2.54. The highest BCUT2D eigenvalue weighted by Gasteiger charge is 2.18. The van der Waals surface area contributed by atoms with Gasteiger partial charge in [0.25, 0.3) is 0 Å². The average molecular weight is 243 g/mol. The van der Waals surface area contributed by atoms with Crippen LogP contribution in [0.5, 0.6) is 0 Å². The molecule has 74 valence electrons. The first kappa shape index (κ1) is 10.1. The van der Waals surface area contributed by atoms with E-state index >= 15 is 0 Å². The zero-order valence-electron chi connectivity index (χ0n) is 7.36. The van der Waals surface area contributed by atoms with Crippen LogP contribution in [0, 0.1) is 0 Å². The second-order valence-electron chi connectivity index (χ2n) is 2.70. The molecule has 1 fully saturated rings. The van der Waals surface area contributed by atoms with Gasteiger partial charge in [-0.15, -0.1) is 34.9 Å². The molecule has 0 aromatic carbocycles. The van der Waals surface area contributed by atoms with Crippen LogP contribution in [0.3, 0.4) is 0 Å². The fourth-order valence-corrected chi connectivity index (χ4v) is 4.14. The molecule has 0 unspecified atom stereocenters. The fourth-order valence-electron chi connectivity index (χ4n) is 1.10. The SMILES string of the molecule is NC(C(=O)c1cccs1)=C1SCCS1. The van der Waals surface area contributed by atoms with E-state index in [4.69, 9.17) is 5.73 Å². The van der Waals surface area contributed by atoms with Crippen molar-refractivity contribution in [3.05, 3.63) is 32.3 Å². The highest BCUT2D eigenvalue weighted by atomic mass is 32.2. The topological polar surface area (TPSA) is 43.1 Å². The van der Waals surface area contributed by atoms with E-state index in [9.17, 15) is 4.79 Å². The Morgan fingerprint density at radius 1 is 1.36 bits per heavy atom. The number of carbonyl (C=O) groups is 1. The fraction of sp³-hybridized carbons (Fsp3) is 0.222. The van der Waals surface area contributed by atoms with Gasteiger partial charge in [0.2, 0.25) is 5.78 Å². The summed E-state index contributed by atoms with van der Waals surface area (Å²) in [5.74, 6) is 2.08. The van der Waals surface area contributed by atoms with Crippen LogP contribution >= 0.6 is 34.9 Å². The van der Waals surface area contributed by atoms with E-state index in [0.29, 0.717) is 5.70 Å². The Morgan fingerprint density at radius 3 is 2.64 bits per heavy atom. The molecular formula is C9H9NOS3. The quantitative estimate of drug-likeness (QED) is 0.640. The molecule has 2 heterocycles. The summed E-state index contributed by atoms with van der Waals surface area (Å²) in [4.78, 5) is 12.5. The summed E-state index contributed by atoms with van der Waals surface area (Å²) in [7, 11) is 0. The Morgan fingerprint density at radius 2 is 2.07 bits per heavy atom. The van der Waals surface area contributed by atoms with Gasteiger partial charge < -0.3 is 5.73 Å². The second-order valence-corrected chi connectivity index (χ2v) is 6.12. The molecule has 2 nitrogen and oxygen atoms in total. The molecule has 0 saturated carbocycles. The summed E-state index contributed by atoms with van der Waals surface area (Å²) in [6, 6.07) is 3.68. The summed E-state index contributed by atoms with van der Waals surface area (Å²) >= 11 is 4.79. The van der Waals surface area contributed by atoms with E-state index in [1.807, 2.05) is 17.5 Å². The summed E-state index contributed by atoms with van der Waals surface area (Å²) in [6.07, 6.45) is 0. The molecule has 14 heavy (non-hydrogen) atoms. The van der Waals surface area contributed by atoms with Crippen molar-refractivity contribution >= 4 is 40.6 Å². The maximum atomic E-state index is 11.8. The van der Waals surface area contributed by atoms with Crippen LogP contribution in [0.1, 0.15) is 9.67 Å². The van der Waals surface area contributed by atoms with Crippen molar-refractivity contribution in [2.75, 3.05) is 11.5 Å². The van der Waals surface area contributed by atoms with Crippen molar-refractivity contribution in [3.8, 4) is 0 Å². The number of ketones is 1. The zero-order valence-corrected chi connectivity index (χ0v) is 9.81. The van der Waals surface area contributed by atoms with Crippen molar-refractivity contribution in [3.63, 3.8) is 0 Å². The molecule has 1 aromatic rings. The van der Waals surface area contributed by atoms with Gasteiger partial charge in [0.15, 0.2) is 0 Å². The molecule has 1 aromatic heterocycles. The van der Waals surface area contributed by atoms with E-state index in [-0.39, 0.29) is 5.78 Å². The minimum Gasteiger partial charge on any atom is -0.394 e. The summed E-state index contributed by atoms with van der Waals surface area (Å²) in [5.41, 5.74) is 6.23. The zero-order chi connectivity index (χ0) is 9.97. The molecule has 0 atom stereocenters. The number of thiophene rings is 1. The van der Waals surface area contributed by atoms with E-state index < -0.39 is 0 Å². The molecule has 1 aliphatic rings. The third-order valence-corrected chi connectivity index (χ3v) is 5.37. The largest absolute Gasteiger partial charge is 0.394 e. The molecule has 0 radical (unpaired) electrons. The van der Waals surface area contributed by atoms with E-state index in [0.717, 1.165) is 20.6 Å². The molecule has 1 saturated heterocycles. The van der Waals surface area contributed by atoms with Gasteiger partial charge in [-0.1, -0.05) is 6.07 Å². The molecule has 1 aliphatic heterocycles. The van der Waals surface area contributed by atoms with Gasteiger partial charge in [-0.2, -0.15) is 0 Å². The van der Waals surface area contributed by atoms with Crippen molar-refractivity contribution in [1.29, 1.82) is 0 Å². The molecule has 0 amide bonds. The Kier molecular flexibility index (Phi) is 3.20. The van der Waals surface area contributed by atoms with Crippen molar-refractivity contribution in [2.24, 2.45) is 5.73 Å². The maximum absolute atomic E-state index is 11.8. The number of allylic oxidation sites excluding steroid dienone is 1. The Hall–Kier alpha value is -0.390. The first-order valence-corrected chi connectivity index (χ1v) is 6.97. The minimum absolute atomic E-state index is 0.0306. The monoisotopic (exact) mass is 243 g/mol. The Bertz CT molecular complexity index is 361. The number of hydrogen-bond acceptors (Lipinski definition) is 5. The molecular weight excluding hydrogens is 234 g/mol. The number of thioether (sulfide) groups is 2. The lowest BCUT2D eigenvalue weighted by atomic mass is 10.3. The third-order valence-electron chi connectivity index (χ3n) is 1.76. The molecule has 2 N–H and O–H groups in total. The van der Waals surface area contributed by atoms with Gasteiger partial charge in [-0.25, -0.2) is 0 Å². The normalized spacial score (nSPS) is 15.9. The van der Waals surface area contributed by atoms with Crippen LogP contribution in [0.25, 0.3) is 0 Å². The number of nitrogens with two attached hydrogens (primary N) is 1. The summed E-state index contributed by atoms with van der Waals surface area (Å²) in [6.45, 7) is 0. The van der Waals surface area contributed by atoms with Crippen molar-refractivity contribution in [2.45, 2.75) is 0 Å². The van der Waals surface area contributed by atoms with E-state index in [2.05, 4.69) is 0 Å². The lowest BCUT2D eigenvalue weighted by molar-refractivity contribution is 0.103. The first-order chi connectivity index (χ1) is 6.79. The summed E-state index contributed by atoms with van der Waals surface area (Å²) in [5, 5.41) is 1.89. The number of rotatable bonds is 2. The van der Waals surface area contributed by atoms with Crippen LogP contribution < -0.4 is 5.73 Å². The van der Waals surface area contributed by atoms with Crippen LogP contribution in [-0.2, 0) is 0 Å². The van der Waals surface area contributed by atoms with Gasteiger partial charge in [0, 0.05) is 11.5 Å². The molecule has 5 heteroatoms. The first-order valence-electron chi connectivity index (χ1n) is 4.12. The number of Topliss-reactive ketones (excluding diaryl/α,β-unsaturated/α-hetero) is 1. The molecule has 0 spiro atoms. The molecule has 2 rings (SSSR count). The van der Waals surface area contributed by atoms with Crippen LogP contribution in [0.4, 0.5) is 0 Å². The van der Waals surface area contributed by atoms with Gasteiger partial charge in [-0.3, -0.25) is 4.79 Å². The maximum Gasteiger partial charge on any atom is 0.220 e. The van der Waals surface area contributed by atoms with Crippen molar-refractivity contribution < 1.29 is 4.79 Å². The molecule has 0 aliphatic carbocycles. The van der Waals surface area contributed by atoms with E-state index in [1.54, 1.807) is 23.5 Å². The highest BCUT2D eigenvalue weighted by molar-refractivity contribution is 8.25. The van der Waals surface area contributed by atoms with Crippen LogP contribution in [-0.4, -0.2) is 17.3 Å². The van der Waals surface area contributed by atoms with Crippen molar-refractivity contribution in [1.82, 2.24) is 0 Å². The average Bonchev–Trinajstić information content (AvgIpc) is 2.87. The van der Waals surface area contributed by atoms with Crippen LogP contribution in [0.2, 0.25) is 0 Å². The predicted molar refractivity (Wildman–Crippen MR) is 64.8 cm³/mol. The van der Waals surface area contributed by atoms with Gasteiger partial charge >= 0.3 is 0 Å². The Balaban J connectivity index is 2.23. The van der Waals surface area contributed by atoms with Gasteiger partial charge in [0.1, 0.15) is 5.70 Å². The third kappa shape index (κ3) is 1.99. The lowest BCUT2D eigenvalue weighted by Gasteiger charge is -2.01.